The molecule has 1 atom stereocenters. The molecule has 0 radical (unpaired) electrons. The van der Waals surface area contributed by atoms with Crippen molar-refractivity contribution in [3.8, 4) is 5.75 Å². The molecule has 1 aromatic rings. The van der Waals surface area contributed by atoms with E-state index in [-0.39, 0.29) is 18.9 Å². The molecule has 1 aliphatic carbocycles. The second-order valence-corrected chi connectivity index (χ2v) is 5.28. The van der Waals surface area contributed by atoms with Gasteiger partial charge in [-0.25, -0.2) is 4.39 Å². The van der Waals surface area contributed by atoms with Crippen molar-refractivity contribution in [1.29, 1.82) is 0 Å². The highest BCUT2D eigenvalue weighted by atomic mass is 19.1. The van der Waals surface area contributed by atoms with Crippen LogP contribution >= 0.6 is 0 Å². The van der Waals surface area contributed by atoms with Crippen molar-refractivity contribution >= 4 is 0 Å². The van der Waals surface area contributed by atoms with Crippen LogP contribution in [0.15, 0.2) is 18.2 Å². The quantitative estimate of drug-likeness (QED) is 0.833. The number of aliphatic hydroxyl groups excluding tert-OH is 1. The summed E-state index contributed by atoms with van der Waals surface area (Å²) in [5.41, 5.74) is 6.18. The molecular weight excluding hydrogens is 245 g/mol. The van der Waals surface area contributed by atoms with Crippen LogP contribution in [0, 0.1) is 11.7 Å². The molecule has 0 heterocycles. The van der Waals surface area contributed by atoms with E-state index in [0.717, 1.165) is 6.42 Å². The number of benzene rings is 1. The summed E-state index contributed by atoms with van der Waals surface area (Å²) in [6.45, 7) is 0.357. The van der Waals surface area contributed by atoms with E-state index < -0.39 is 11.9 Å². The lowest BCUT2D eigenvalue weighted by Crippen LogP contribution is -2.21. The average Bonchev–Trinajstić information content (AvgIpc) is 2.89. The number of para-hydroxylation sites is 1. The third kappa shape index (κ3) is 3.91. The van der Waals surface area contributed by atoms with Gasteiger partial charge in [-0.15, -0.1) is 0 Å². The maximum absolute atomic E-state index is 13.6. The van der Waals surface area contributed by atoms with E-state index in [9.17, 15) is 9.50 Å². The highest BCUT2D eigenvalue weighted by Crippen LogP contribution is 2.29. The predicted octanol–water partition coefficient (Wildman–Crippen LogP) is 2.60. The molecule has 3 nitrogen and oxygen atoms in total. The van der Waals surface area contributed by atoms with Crippen molar-refractivity contribution in [3.63, 3.8) is 0 Å². The third-order valence-electron chi connectivity index (χ3n) is 3.77. The lowest BCUT2D eigenvalue weighted by molar-refractivity contribution is 0.0832. The summed E-state index contributed by atoms with van der Waals surface area (Å²) in [6.07, 6.45) is 5.08. The molecule has 0 spiro atoms. The SMILES string of the molecule is NCc1cccc(F)c1OCC(O)CC1CCCC1. The van der Waals surface area contributed by atoms with Gasteiger partial charge >= 0.3 is 0 Å². The van der Waals surface area contributed by atoms with E-state index in [1.54, 1.807) is 12.1 Å². The molecule has 2 rings (SSSR count). The molecule has 1 aliphatic rings. The van der Waals surface area contributed by atoms with E-state index in [2.05, 4.69) is 0 Å². The van der Waals surface area contributed by atoms with Gasteiger partial charge < -0.3 is 15.6 Å². The van der Waals surface area contributed by atoms with E-state index in [4.69, 9.17) is 10.5 Å². The monoisotopic (exact) mass is 267 g/mol. The van der Waals surface area contributed by atoms with Gasteiger partial charge in [0.25, 0.3) is 0 Å². The molecule has 0 aromatic heterocycles. The Balaban J connectivity index is 1.87. The molecular formula is C15H22FNO2. The zero-order chi connectivity index (χ0) is 13.7. The minimum absolute atomic E-state index is 0.129. The average molecular weight is 267 g/mol. The van der Waals surface area contributed by atoms with E-state index in [1.807, 2.05) is 0 Å². The highest BCUT2D eigenvalue weighted by Gasteiger charge is 2.20. The van der Waals surface area contributed by atoms with Gasteiger partial charge in [-0.1, -0.05) is 37.8 Å². The number of hydrogen-bond acceptors (Lipinski definition) is 3. The summed E-state index contributed by atoms with van der Waals surface area (Å²) in [5.74, 6) is 0.347. The standard InChI is InChI=1S/C15H22FNO2/c16-14-7-3-6-12(9-17)15(14)19-10-13(18)8-11-4-1-2-5-11/h3,6-7,11,13,18H,1-2,4-5,8-10,17H2. The van der Waals surface area contributed by atoms with Gasteiger partial charge in [0, 0.05) is 12.1 Å². The summed E-state index contributed by atoms with van der Waals surface area (Å²) in [4.78, 5) is 0. The molecule has 1 saturated carbocycles. The van der Waals surface area contributed by atoms with Gasteiger partial charge in [-0.2, -0.15) is 0 Å². The van der Waals surface area contributed by atoms with Crippen LogP contribution in [-0.2, 0) is 6.54 Å². The first-order chi connectivity index (χ1) is 9.20. The molecule has 0 amide bonds. The summed E-state index contributed by atoms with van der Waals surface area (Å²) in [5, 5.41) is 9.95. The summed E-state index contributed by atoms with van der Waals surface area (Å²) < 4.78 is 19.1. The molecule has 1 fully saturated rings. The first kappa shape index (κ1) is 14.3. The lowest BCUT2D eigenvalue weighted by atomic mass is 10.0. The smallest absolute Gasteiger partial charge is 0.165 e. The largest absolute Gasteiger partial charge is 0.487 e. The third-order valence-corrected chi connectivity index (χ3v) is 3.77. The topological polar surface area (TPSA) is 55.5 Å². The maximum atomic E-state index is 13.6. The summed E-state index contributed by atoms with van der Waals surface area (Å²) in [7, 11) is 0. The normalized spacial score (nSPS) is 17.6. The number of hydrogen-bond donors (Lipinski definition) is 2. The van der Waals surface area contributed by atoms with Crippen LogP contribution in [0.5, 0.6) is 5.75 Å². The fourth-order valence-corrected chi connectivity index (χ4v) is 2.75. The van der Waals surface area contributed by atoms with Gasteiger partial charge in [-0.3, -0.25) is 0 Å². The fourth-order valence-electron chi connectivity index (χ4n) is 2.75. The summed E-state index contributed by atoms with van der Waals surface area (Å²) >= 11 is 0. The van der Waals surface area contributed by atoms with Gasteiger partial charge in [0.2, 0.25) is 0 Å². The Labute approximate surface area is 113 Å². The van der Waals surface area contributed by atoms with Crippen LogP contribution in [-0.4, -0.2) is 17.8 Å². The molecule has 0 aliphatic heterocycles. The Morgan fingerprint density at radius 2 is 2.11 bits per heavy atom. The van der Waals surface area contributed by atoms with Gasteiger partial charge in [0.15, 0.2) is 11.6 Å². The Morgan fingerprint density at radius 1 is 1.37 bits per heavy atom. The van der Waals surface area contributed by atoms with Crippen LogP contribution in [0.4, 0.5) is 4.39 Å². The zero-order valence-electron chi connectivity index (χ0n) is 11.1. The van der Waals surface area contributed by atoms with Crippen LogP contribution in [0.25, 0.3) is 0 Å². The van der Waals surface area contributed by atoms with Gasteiger partial charge in [0.1, 0.15) is 6.61 Å². The minimum atomic E-state index is -0.534. The second-order valence-electron chi connectivity index (χ2n) is 5.28. The molecule has 3 N–H and O–H groups in total. The number of ether oxygens (including phenoxy) is 1. The Hall–Kier alpha value is -1.13. The highest BCUT2D eigenvalue weighted by molar-refractivity contribution is 5.34. The molecule has 4 heteroatoms. The Kier molecular flexibility index (Phi) is 5.16. The lowest BCUT2D eigenvalue weighted by Gasteiger charge is -2.17. The van der Waals surface area contributed by atoms with Crippen LogP contribution < -0.4 is 10.5 Å². The van der Waals surface area contributed by atoms with Crippen molar-refractivity contribution in [2.45, 2.75) is 44.8 Å². The van der Waals surface area contributed by atoms with Crippen LogP contribution in [0.1, 0.15) is 37.7 Å². The number of nitrogens with two attached hydrogens (primary N) is 1. The maximum Gasteiger partial charge on any atom is 0.165 e. The first-order valence-corrected chi connectivity index (χ1v) is 6.99. The van der Waals surface area contributed by atoms with Crippen molar-refractivity contribution < 1.29 is 14.2 Å². The van der Waals surface area contributed by atoms with Crippen LogP contribution in [0.3, 0.4) is 0 Å². The molecule has 1 aromatic carbocycles. The first-order valence-electron chi connectivity index (χ1n) is 6.99. The Morgan fingerprint density at radius 3 is 2.79 bits per heavy atom. The van der Waals surface area contributed by atoms with Gasteiger partial charge in [-0.05, 0) is 18.4 Å². The Bertz CT molecular complexity index is 405. The van der Waals surface area contributed by atoms with Crippen molar-refractivity contribution in [2.75, 3.05) is 6.61 Å². The molecule has 0 bridgehead atoms. The zero-order valence-corrected chi connectivity index (χ0v) is 11.1. The van der Waals surface area contributed by atoms with E-state index in [1.165, 1.54) is 31.7 Å². The van der Waals surface area contributed by atoms with Crippen molar-refractivity contribution in [3.05, 3.63) is 29.6 Å². The van der Waals surface area contributed by atoms with Crippen LogP contribution in [0.2, 0.25) is 0 Å². The van der Waals surface area contributed by atoms with Crippen molar-refractivity contribution in [2.24, 2.45) is 11.7 Å². The molecule has 1 unspecified atom stereocenters. The second kappa shape index (κ2) is 6.87. The van der Waals surface area contributed by atoms with E-state index >= 15 is 0 Å². The minimum Gasteiger partial charge on any atom is -0.487 e. The molecule has 19 heavy (non-hydrogen) atoms. The molecule has 0 saturated heterocycles. The summed E-state index contributed by atoms with van der Waals surface area (Å²) in [6, 6.07) is 4.69. The van der Waals surface area contributed by atoms with Gasteiger partial charge in [0.05, 0.1) is 6.10 Å². The molecule has 106 valence electrons. The van der Waals surface area contributed by atoms with E-state index in [0.29, 0.717) is 11.5 Å². The fraction of sp³-hybridized carbons (Fsp3) is 0.600. The number of rotatable bonds is 6. The number of halogens is 1. The number of aliphatic hydroxyl groups is 1. The van der Waals surface area contributed by atoms with Crippen molar-refractivity contribution in [1.82, 2.24) is 0 Å². The predicted molar refractivity (Wildman–Crippen MR) is 72.4 cm³/mol.